The number of anilines is 2. The first kappa shape index (κ1) is 23.2. The number of hydrogen-bond acceptors (Lipinski definition) is 4. The number of aryl methyl sites for hydroxylation is 3. The number of benzene rings is 3. The molecule has 3 amide bonds. The van der Waals surface area contributed by atoms with Gasteiger partial charge in [-0.2, -0.15) is 0 Å². The molecule has 6 nitrogen and oxygen atoms in total. The van der Waals surface area contributed by atoms with E-state index in [9.17, 15) is 14.4 Å². The number of hydrogen-bond donors (Lipinski definition) is 1. The van der Waals surface area contributed by atoms with Crippen LogP contribution in [0.3, 0.4) is 0 Å². The summed E-state index contributed by atoms with van der Waals surface area (Å²) in [4.78, 5) is 42.1. The summed E-state index contributed by atoms with van der Waals surface area (Å²) in [7, 11) is 0. The molecule has 0 bridgehead atoms. The third-order valence-electron chi connectivity index (χ3n) is 6.44. The Kier molecular flexibility index (Phi) is 5.89. The molecule has 0 unspecified atom stereocenters. The van der Waals surface area contributed by atoms with Gasteiger partial charge >= 0.3 is 0 Å². The molecule has 5 rings (SSSR count). The Morgan fingerprint density at radius 1 is 0.943 bits per heavy atom. The van der Waals surface area contributed by atoms with Gasteiger partial charge < -0.3 is 5.32 Å². The molecule has 3 aromatic carbocycles. The van der Waals surface area contributed by atoms with E-state index < -0.39 is 4.87 Å². The first-order valence-corrected chi connectivity index (χ1v) is 12.6. The first-order chi connectivity index (χ1) is 16.8. The monoisotopic (exact) mass is 485 g/mol. The molecule has 2 aliphatic rings. The summed E-state index contributed by atoms with van der Waals surface area (Å²) in [5.74, 6) is -0.438. The van der Waals surface area contributed by atoms with Gasteiger partial charge in [-0.1, -0.05) is 54.1 Å². The number of thioether (sulfide) groups is 1. The Morgan fingerprint density at radius 3 is 2.34 bits per heavy atom. The van der Waals surface area contributed by atoms with Crippen molar-refractivity contribution in [3.63, 3.8) is 0 Å². The molecule has 1 fully saturated rings. The molecule has 1 saturated heterocycles. The van der Waals surface area contributed by atoms with E-state index in [1.165, 1.54) is 16.7 Å². The minimum absolute atomic E-state index is 0.112. The fraction of sp³-hybridized carbons (Fsp3) is 0.250. The van der Waals surface area contributed by atoms with Gasteiger partial charge in [0.25, 0.3) is 5.91 Å². The molecule has 1 N–H and O–H groups in total. The predicted molar refractivity (Wildman–Crippen MR) is 139 cm³/mol. The second kappa shape index (κ2) is 8.89. The average Bonchev–Trinajstić information content (AvgIpc) is 3.29. The first-order valence-electron chi connectivity index (χ1n) is 11.6. The molecule has 0 saturated carbocycles. The molecule has 0 aromatic heterocycles. The molecule has 2 aliphatic heterocycles. The zero-order valence-electron chi connectivity index (χ0n) is 20.0. The lowest BCUT2D eigenvalue weighted by atomic mass is 10.0. The third kappa shape index (κ3) is 4.00. The average molecular weight is 486 g/mol. The van der Waals surface area contributed by atoms with E-state index in [0.29, 0.717) is 17.9 Å². The second-order valence-corrected chi connectivity index (χ2v) is 10.3. The lowest BCUT2D eigenvalue weighted by Crippen LogP contribution is -2.51. The molecule has 2 heterocycles. The molecule has 1 atom stereocenters. The maximum Gasteiger partial charge on any atom is 0.269 e. The number of rotatable bonds is 5. The molecular weight excluding hydrogens is 458 g/mol. The normalized spacial score (nSPS) is 18.9. The number of carbonyl (C=O) groups is 3. The minimum atomic E-state index is -1.22. The van der Waals surface area contributed by atoms with Crippen molar-refractivity contribution in [2.45, 2.75) is 32.2 Å². The Labute approximate surface area is 209 Å². The number of nitrogens with zero attached hydrogens (tertiary/aromatic N) is 2. The van der Waals surface area contributed by atoms with Crippen LogP contribution in [0, 0.1) is 20.8 Å². The molecule has 35 heavy (non-hydrogen) atoms. The Morgan fingerprint density at radius 2 is 1.63 bits per heavy atom. The summed E-state index contributed by atoms with van der Waals surface area (Å²) >= 11 is 1.32. The van der Waals surface area contributed by atoms with Gasteiger partial charge in [0.15, 0.2) is 0 Å². The highest BCUT2D eigenvalue weighted by atomic mass is 32.2. The standard InChI is InChI=1S/C28H27N3O3S/c1-18-8-10-21(11-9-18)15-29-25(32)16-30-24-7-5-4-6-23(24)28(27(30)34)31(26(33)17-35-28)22-13-19(2)12-20(3)14-22/h4-14H,15-17H2,1-3H3,(H,29,32)/t28-/m0/s1. The Bertz CT molecular complexity index is 1320. The minimum Gasteiger partial charge on any atom is -0.350 e. The van der Waals surface area contributed by atoms with Crippen molar-refractivity contribution in [2.24, 2.45) is 0 Å². The van der Waals surface area contributed by atoms with Crippen LogP contribution in [0.5, 0.6) is 0 Å². The summed E-state index contributed by atoms with van der Waals surface area (Å²) in [5.41, 5.74) is 6.29. The van der Waals surface area contributed by atoms with Crippen LogP contribution in [0.1, 0.15) is 27.8 Å². The lowest BCUT2D eigenvalue weighted by Gasteiger charge is -2.33. The van der Waals surface area contributed by atoms with Gasteiger partial charge in [-0.25, -0.2) is 0 Å². The molecule has 7 heteroatoms. The van der Waals surface area contributed by atoms with Crippen LogP contribution in [0.4, 0.5) is 11.4 Å². The van der Waals surface area contributed by atoms with E-state index in [1.54, 1.807) is 4.90 Å². The van der Waals surface area contributed by atoms with E-state index in [1.807, 2.05) is 87.5 Å². The van der Waals surface area contributed by atoms with E-state index in [0.717, 1.165) is 27.8 Å². The van der Waals surface area contributed by atoms with Crippen molar-refractivity contribution in [3.05, 3.63) is 94.5 Å². The zero-order chi connectivity index (χ0) is 24.7. The van der Waals surface area contributed by atoms with Crippen molar-refractivity contribution in [1.82, 2.24) is 5.32 Å². The van der Waals surface area contributed by atoms with Crippen molar-refractivity contribution in [3.8, 4) is 0 Å². The number of fused-ring (bicyclic) bond motifs is 2. The fourth-order valence-electron chi connectivity index (χ4n) is 4.90. The molecule has 0 aliphatic carbocycles. The van der Waals surface area contributed by atoms with Gasteiger partial charge in [-0.15, -0.1) is 11.8 Å². The van der Waals surface area contributed by atoms with Crippen molar-refractivity contribution in [2.75, 3.05) is 22.1 Å². The topological polar surface area (TPSA) is 69.7 Å². The number of nitrogens with one attached hydrogen (secondary N) is 1. The van der Waals surface area contributed by atoms with Crippen LogP contribution in [-0.2, 0) is 25.8 Å². The van der Waals surface area contributed by atoms with Crippen molar-refractivity contribution < 1.29 is 14.4 Å². The van der Waals surface area contributed by atoms with E-state index in [2.05, 4.69) is 5.32 Å². The highest BCUT2D eigenvalue weighted by Crippen LogP contribution is 2.55. The molecular formula is C28H27N3O3S. The van der Waals surface area contributed by atoms with Gasteiger partial charge in [0, 0.05) is 17.8 Å². The summed E-state index contributed by atoms with van der Waals surface area (Å²) in [5, 5.41) is 2.92. The van der Waals surface area contributed by atoms with Gasteiger partial charge in [0.2, 0.25) is 16.7 Å². The summed E-state index contributed by atoms with van der Waals surface area (Å²) < 4.78 is 0. The van der Waals surface area contributed by atoms with Gasteiger partial charge in [0.1, 0.15) is 6.54 Å². The Balaban J connectivity index is 1.46. The Hall–Kier alpha value is -3.58. The fourth-order valence-corrected chi connectivity index (χ4v) is 6.26. The lowest BCUT2D eigenvalue weighted by molar-refractivity contribution is -0.125. The van der Waals surface area contributed by atoms with Crippen LogP contribution in [0.15, 0.2) is 66.7 Å². The number of carbonyl (C=O) groups excluding carboxylic acids is 3. The van der Waals surface area contributed by atoms with E-state index >= 15 is 0 Å². The number of para-hydroxylation sites is 1. The molecule has 1 spiro atoms. The highest BCUT2D eigenvalue weighted by molar-refractivity contribution is 8.02. The SMILES string of the molecule is Cc1ccc(CNC(=O)CN2C(=O)[C@@]3(SCC(=O)N3c3cc(C)cc(C)c3)c3ccccc32)cc1. The maximum atomic E-state index is 14.1. The zero-order valence-corrected chi connectivity index (χ0v) is 20.8. The van der Waals surface area contributed by atoms with Crippen molar-refractivity contribution >= 4 is 40.9 Å². The van der Waals surface area contributed by atoms with Crippen molar-refractivity contribution in [1.29, 1.82) is 0 Å². The van der Waals surface area contributed by atoms with Gasteiger partial charge in [-0.3, -0.25) is 24.2 Å². The van der Waals surface area contributed by atoms with E-state index in [4.69, 9.17) is 0 Å². The molecule has 3 aromatic rings. The molecule has 0 radical (unpaired) electrons. The highest BCUT2D eigenvalue weighted by Gasteiger charge is 2.61. The van der Waals surface area contributed by atoms with Crippen LogP contribution in [-0.4, -0.2) is 30.0 Å². The molecule has 178 valence electrons. The van der Waals surface area contributed by atoms with E-state index in [-0.39, 0.29) is 30.0 Å². The van der Waals surface area contributed by atoms with Gasteiger partial charge in [-0.05, 0) is 55.7 Å². The summed E-state index contributed by atoms with van der Waals surface area (Å²) in [6.45, 7) is 6.24. The summed E-state index contributed by atoms with van der Waals surface area (Å²) in [6.07, 6.45) is 0. The summed E-state index contributed by atoms with van der Waals surface area (Å²) in [6, 6.07) is 21.3. The largest absolute Gasteiger partial charge is 0.350 e. The third-order valence-corrected chi connectivity index (χ3v) is 7.83. The smallest absolute Gasteiger partial charge is 0.269 e. The van der Waals surface area contributed by atoms with Crippen LogP contribution in [0.25, 0.3) is 0 Å². The van der Waals surface area contributed by atoms with Crippen LogP contribution >= 0.6 is 11.8 Å². The second-order valence-electron chi connectivity index (χ2n) is 9.18. The van der Waals surface area contributed by atoms with Crippen LogP contribution in [0.2, 0.25) is 0 Å². The van der Waals surface area contributed by atoms with Gasteiger partial charge in [0.05, 0.1) is 11.4 Å². The maximum absolute atomic E-state index is 14.1. The number of amides is 3. The van der Waals surface area contributed by atoms with Crippen LogP contribution < -0.4 is 15.1 Å². The predicted octanol–water partition coefficient (Wildman–Crippen LogP) is 4.21. The quantitative estimate of drug-likeness (QED) is 0.588.